The van der Waals surface area contributed by atoms with Crippen molar-refractivity contribution in [3.63, 3.8) is 0 Å². The molecule has 6 heteroatoms. The number of methoxy groups -OCH3 is 1. The predicted molar refractivity (Wildman–Crippen MR) is 76.4 cm³/mol. The van der Waals surface area contributed by atoms with E-state index in [1.165, 1.54) is 25.7 Å². The Hall–Kier alpha value is -0.550. The van der Waals surface area contributed by atoms with Gasteiger partial charge in [0, 0.05) is 17.8 Å². The summed E-state index contributed by atoms with van der Waals surface area (Å²) in [6, 6.07) is 0. The summed E-state index contributed by atoms with van der Waals surface area (Å²) in [7, 11) is 1.59. The Kier molecular flexibility index (Phi) is 4.67. The van der Waals surface area contributed by atoms with Crippen LogP contribution in [-0.2, 0) is 0 Å². The fraction of sp³-hybridized carbons (Fsp3) is 0.667. The lowest BCUT2D eigenvalue weighted by Gasteiger charge is -2.26. The number of halogens is 2. The van der Waals surface area contributed by atoms with Gasteiger partial charge >= 0.3 is 0 Å². The van der Waals surface area contributed by atoms with E-state index < -0.39 is 0 Å². The minimum Gasteiger partial charge on any atom is -0.480 e. The minimum absolute atomic E-state index is 0.200. The summed E-state index contributed by atoms with van der Waals surface area (Å²) in [6.07, 6.45) is 6.57. The number of hydrogen-bond acceptors (Lipinski definition) is 4. The van der Waals surface area contributed by atoms with Crippen molar-refractivity contribution in [1.82, 2.24) is 9.97 Å². The quantitative estimate of drug-likeness (QED) is 0.838. The van der Waals surface area contributed by atoms with Crippen LogP contribution in [0.5, 0.6) is 5.88 Å². The standard InChI is InChI=1S/C12H17BrClN3O/c1-18-10-9(13)6-15-11(17-10)16-8-12(7-14)4-2-3-5-12/h6H,2-5,7-8H2,1H3,(H,15,16,17). The SMILES string of the molecule is COc1nc(NCC2(CCl)CCCC2)ncc1Br. The van der Waals surface area contributed by atoms with E-state index in [4.69, 9.17) is 16.3 Å². The Bertz CT molecular complexity index is 410. The average Bonchev–Trinajstić information content (AvgIpc) is 2.87. The van der Waals surface area contributed by atoms with Gasteiger partial charge in [-0.2, -0.15) is 4.98 Å². The molecule has 1 aliphatic rings. The molecule has 0 spiro atoms. The molecule has 0 atom stereocenters. The summed E-state index contributed by atoms with van der Waals surface area (Å²) in [5.41, 5.74) is 0.200. The summed E-state index contributed by atoms with van der Waals surface area (Å²) < 4.78 is 5.90. The van der Waals surface area contributed by atoms with Crippen molar-refractivity contribution in [3.8, 4) is 5.88 Å². The Morgan fingerprint density at radius 1 is 1.50 bits per heavy atom. The van der Waals surface area contributed by atoms with Crippen molar-refractivity contribution in [2.24, 2.45) is 5.41 Å². The zero-order valence-electron chi connectivity index (χ0n) is 10.4. The number of nitrogens with one attached hydrogen (secondary N) is 1. The van der Waals surface area contributed by atoms with Crippen molar-refractivity contribution in [1.29, 1.82) is 0 Å². The molecule has 1 saturated carbocycles. The maximum absolute atomic E-state index is 6.10. The van der Waals surface area contributed by atoms with Gasteiger partial charge in [-0.15, -0.1) is 11.6 Å². The normalized spacial score (nSPS) is 17.7. The van der Waals surface area contributed by atoms with E-state index >= 15 is 0 Å². The van der Waals surface area contributed by atoms with Crippen LogP contribution < -0.4 is 10.1 Å². The molecule has 0 amide bonds. The summed E-state index contributed by atoms with van der Waals surface area (Å²) in [5.74, 6) is 1.82. The van der Waals surface area contributed by atoms with E-state index in [0.29, 0.717) is 17.7 Å². The Balaban J connectivity index is 2.01. The van der Waals surface area contributed by atoms with Crippen molar-refractivity contribution in [2.45, 2.75) is 25.7 Å². The van der Waals surface area contributed by atoms with E-state index in [0.717, 1.165) is 11.0 Å². The van der Waals surface area contributed by atoms with Gasteiger partial charge in [0.1, 0.15) is 0 Å². The lowest BCUT2D eigenvalue weighted by Crippen LogP contribution is -2.29. The molecule has 0 unspecified atom stereocenters. The molecule has 2 rings (SSSR count). The first-order chi connectivity index (χ1) is 8.69. The van der Waals surface area contributed by atoms with Gasteiger partial charge < -0.3 is 10.1 Å². The average molecular weight is 335 g/mol. The van der Waals surface area contributed by atoms with E-state index in [9.17, 15) is 0 Å². The zero-order chi connectivity index (χ0) is 13.0. The van der Waals surface area contributed by atoms with Crippen LogP contribution >= 0.6 is 27.5 Å². The molecule has 1 fully saturated rings. The number of anilines is 1. The molecule has 100 valence electrons. The second-order valence-electron chi connectivity index (χ2n) is 4.75. The van der Waals surface area contributed by atoms with E-state index in [-0.39, 0.29) is 5.41 Å². The maximum atomic E-state index is 6.10. The van der Waals surface area contributed by atoms with E-state index in [2.05, 4.69) is 31.2 Å². The van der Waals surface area contributed by atoms with Crippen molar-refractivity contribution in [2.75, 3.05) is 24.9 Å². The first-order valence-electron chi connectivity index (χ1n) is 6.05. The van der Waals surface area contributed by atoms with Gasteiger partial charge in [-0.3, -0.25) is 0 Å². The van der Waals surface area contributed by atoms with Gasteiger partial charge in [0.15, 0.2) is 0 Å². The molecule has 1 heterocycles. The van der Waals surface area contributed by atoms with E-state index in [1.807, 2.05) is 0 Å². The van der Waals surface area contributed by atoms with Crippen LogP contribution in [0.2, 0.25) is 0 Å². The molecule has 18 heavy (non-hydrogen) atoms. The lowest BCUT2D eigenvalue weighted by atomic mass is 9.89. The second-order valence-corrected chi connectivity index (χ2v) is 5.87. The number of rotatable bonds is 5. The first kappa shape index (κ1) is 13.9. The highest BCUT2D eigenvalue weighted by molar-refractivity contribution is 9.10. The van der Waals surface area contributed by atoms with Crippen LogP contribution in [-0.4, -0.2) is 29.5 Å². The topological polar surface area (TPSA) is 47.0 Å². The Morgan fingerprint density at radius 3 is 2.83 bits per heavy atom. The monoisotopic (exact) mass is 333 g/mol. The summed E-state index contributed by atoms with van der Waals surface area (Å²) in [6.45, 7) is 0.821. The van der Waals surface area contributed by atoms with Crippen LogP contribution in [0.25, 0.3) is 0 Å². The first-order valence-corrected chi connectivity index (χ1v) is 7.38. The predicted octanol–water partition coefficient (Wildman–Crippen LogP) is 3.46. The highest BCUT2D eigenvalue weighted by Gasteiger charge is 2.32. The highest BCUT2D eigenvalue weighted by atomic mass is 79.9. The fourth-order valence-electron chi connectivity index (χ4n) is 2.33. The lowest BCUT2D eigenvalue weighted by molar-refractivity contribution is 0.366. The molecule has 0 aliphatic heterocycles. The maximum Gasteiger partial charge on any atom is 0.232 e. The van der Waals surface area contributed by atoms with Crippen molar-refractivity contribution in [3.05, 3.63) is 10.7 Å². The smallest absolute Gasteiger partial charge is 0.232 e. The van der Waals surface area contributed by atoms with E-state index in [1.54, 1.807) is 13.3 Å². The van der Waals surface area contributed by atoms with Gasteiger partial charge in [0.25, 0.3) is 0 Å². The molecule has 0 saturated heterocycles. The highest BCUT2D eigenvalue weighted by Crippen LogP contribution is 2.39. The third-order valence-corrected chi connectivity index (χ3v) is 4.59. The van der Waals surface area contributed by atoms with Crippen molar-refractivity contribution < 1.29 is 4.74 Å². The molecular formula is C12H17BrClN3O. The van der Waals surface area contributed by atoms with Gasteiger partial charge in [-0.05, 0) is 28.8 Å². The number of hydrogen-bond donors (Lipinski definition) is 1. The molecule has 4 nitrogen and oxygen atoms in total. The summed E-state index contributed by atoms with van der Waals surface area (Å²) in [5, 5.41) is 3.27. The van der Waals surface area contributed by atoms with Crippen molar-refractivity contribution >= 4 is 33.5 Å². The number of alkyl halides is 1. The third kappa shape index (κ3) is 3.06. The second kappa shape index (κ2) is 6.06. The fourth-order valence-corrected chi connectivity index (χ4v) is 3.04. The molecule has 1 aromatic heterocycles. The number of aromatic nitrogens is 2. The van der Waals surface area contributed by atoms with Crippen LogP contribution in [0.4, 0.5) is 5.95 Å². The van der Waals surface area contributed by atoms with Crippen LogP contribution in [0.1, 0.15) is 25.7 Å². The van der Waals surface area contributed by atoms with Crippen LogP contribution in [0.3, 0.4) is 0 Å². The molecule has 1 aliphatic carbocycles. The van der Waals surface area contributed by atoms with Crippen LogP contribution in [0.15, 0.2) is 10.7 Å². The Labute approximate surface area is 121 Å². The number of nitrogens with zero attached hydrogens (tertiary/aromatic N) is 2. The molecule has 0 bridgehead atoms. The molecule has 0 radical (unpaired) electrons. The molecule has 1 aromatic rings. The van der Waals surface area contributed by atoms with Gasteiger partial charge in [-0.1, -0.05) is 12.8 Å². The summed E-state index contributed by atoms with van der Waals surface area (Å²) in [4.78, 5) is 8.50. The van der Waals surface area contributed by atoms with Gasteiger partial charge in [0.2, 0.25) is 11.8 Å². The Morgan fingerprint density at radius 2 is 2.22 bits per heavy atom. The van der Waals surface area contributed by atoms with Crippen LogP contribution in [0, 0.1) is 5.41 Å². The zero-order valence-corrected chi connectivity index (χ0v) is 12.7. The molecule has 0 aromatic carbocycles. The minimum atomic E-state index is 0.200. The summed E-state index contributed by atoms with van der Waals surface area (Å²) >= 11 is 9.43. The van der Waals surface area contributed by atoms with Gasteiger partial charge in [-0.25, -0.2) is 4.98 Å². The third-order valence-electron chi connectivity index (χ3n) is 3.47. The molecule has 1 N–H and O–H groups in total. The number of ether oxygens (including phenoxy) is 1. The largest absolute Gasteiger partial charge is 0.480 e. The van der Waals surface area contributed by atoms with Gasteiger partial charge in [0.05, 0.1) is 17.8 Å². The molecular weight excluding hydrogens is 318 g/mol.